The molecule has 0 fully saturated rings. The summed E-state index contributed by atoms with van der Waals surface area (Å²) in [7, 11) is 0. The van der Waals surface area contributed by atoms with E-state index in [2.05, 4.69) is 32.7 Å². The van der Waals surface area contributed by atoms with Gasteiger partial charge in [0.05, 0.1) is 0 Å². The maximum absolute atomic E-state index is 12.7. The third-order valence-corrected chi connectivity index (χ3v) is 5.25. The third-order valence-electron chi connectivity index (χ3n) is 5.25. The van der Waals surface area contributed by atoms with Gasteiger partial charge in [-0.2, -0.15) is 0 Å². The van der Waals surface area contributed by atoms with Crippen molar-refractivity contribution in [3.05, 3.63) is 89.2 Å². The number of H-pyrrole nitrogens is 1. The molecular formula is C24H24N4O. The minimum atomic E-state index is -0.138. The Morgan fingerprint density at radius 3 is 2.83 bits per heavy atom. The van der Waals surface area contributed by atoms with Crippen LogP contribution in [0.25, 0.3) is 10.9 Å². The fraction of sp³-hybridized carbons (Fsp3) is 0.167. The summed E-state index contributed by atoms with van der Waals surface area (Å²) < 4.78 is 0. The first-order valence-corrected chi connectivity index (χ1v) is 9.74. The van der Waals surface area contributed by atoms with Crippen LogP contribution in [0.5, 0.6) is 0 Å². The van der Waals surface area contributed by atoms with Gasteiger partial charge >= 0.3 is 0 Å². The normalized spacial score (nSPS) is 10.8. The number of benzene rings is 2. The van der Waals surface area contributed by atoms with Gasteiger partial charge in [0.2, 0.25) is 0 Å². The Hall–Kier alpha value is -3.60. The molecule has 2 aromatic carbocycles. The van der Waals surface area contributed by atoms with Crippen LogP contribution in [0.15, 0.2) is 67.0 Å². The van der Waals surface area contributed by atoms with E-state index in [1.807, 2.05) is 50.4 Å². The molecule has 0 unspecified atom stereocenters. The average Bonchev–Trinajstić information content (AvgIpc) is 3.15. The Labute approximate surface area is 170 Å². The van der Waals surface area contributed by atoms with Crippen LogP contribution < -0.4 is 10.6 Å². The van der Waals surface area contributed by atoms with Gasteiger partial charge < -0.3 is 15.6 Å². The smallest absolute Gasteiger partial charge is 0.255 e. The predicted molar refractivity (Wildman–Crippen MR) is 119 cm³/mol. The van der Waals surface area contributed by atoms with Gasteiger partial charge in [-0.25, -0.2) is 4.98 Å². The maximum atomic E-state index is 12.7. The zero-order valence-electron chi connectivity index (χ0n) is 16.6. The minimum Gasteiger partial charge on any atom is -0.370 e. The van der Waals surface area contributed by atoms with Crippen molar-refractivity contribution in [2.24, 2.45) is 0 Å². The number of hydrogen-bond acceptors (Lipinski definition) is 3. The monoisotopic (exact) mass is 384 g/mol. The van der Waals surface area contributed by atoms with E-state index in [1.165, 1.54) is 10.9 Å². The molecule has 0 saturated carbocycles. The first-order valence-electron chi connectivity index (χ1n) is 9.74. The molecule has 0 spiro atoms. The predicted octanol–water partition coefficient (Wildman–Crippen LogP) is 5.09. The number of aromatic amines is 1. The molecule has 0 atom stereocenters. The quantitative estimate of drug-likeness (QED) is 0.434. The zero-order valence-corrected chi connectivity index (χ0v) is 16.6. The van der Waals surface area contributed by atoms with E-state index in [-0.39, 0.29) is 5.91 Å². The third kappa shape index (κ3) is 4.14. The van der Waals surface area contributed by atoms with Gasteiger partial charge in [0.25, 0.3) is 5.91 Å². The van der Waals surface area contributed by atoms with Crippen LogP contribution in [0.1, 0.15) is 27.0 Å². The van der Waals surface area contributed by atoms with Crippen molar-refractivity contribution >= 4 is 28.3 Å². The SMILES string of the molecule is Cc1cccc(NC(=O)c2ccnc(NCCc3c[nH]c4ccccc34)c2)c1C. The molecule has 29 heavy (non-hydrogen) atoms. The van der Waals surface area contributed by atoms with Crippen LogP contribution in [0, 0.1) is 13.8 Å². The summed E-state index contributed by atoms with van der Waals surface area (Å²) in [4.78, 5) is 20.3. The lowest BCUT2D eigenvalue weighted by molar-refractivity contribution is 0.102. The van der Waals surface area contributed by atoms with Crippen molar-refractivity contribution in [1.29, 1.82) is 0 Å². The molecule has 5 nitrogen and oxygen atoms in total. The highest BCUT2D eigenvalue weighted by atomic mass is 16.1. The Balaban J connectivity index is 1.40. The summed E-state index contributed by atoms with van der Waals surface area (Å²) in [6.07, 6.45) is 4.57. The molecule has 2 heterocycles. The molecular weight excluding hydrogens is 360 g/mol. The van der Waals surface area contributed by atoms with E-state index in [0.29, 0.717) is 11.4 Å². The van der Waals surface area contributed by atoms with Gasteiger partial charge in [-0.1, -0.05) is 30.3 Å². The van der Waals surface area contributed by atoms with E-state index in [4.69, 9.17) is 0 Å². The lowest BCUT2D eigenvalue weighted by Crippen LogP contribution is -2.14. The van der Waals surface area contributed by atoms with Crippen LogP contribution in [-0.2, 0) is 6.42 Å². The van der Waals surface area contributed by atoms with E-state index in [0.717, 1.165) is 35.3 Å². The molecule has 4 rings (SSSR count). The summed E-state index contributed by atoms with van der Waals surface area (Å²) in [6.45, 7) is 4.78. The van der Waals surface area contributed by atoms with Crippen molar-refractivity contribution in [2.45, 2.75) is 20.3 Å². The fourth-order valence-electron chi connectivity index (χ4n) is 3.41. The fourth-order valence-corrected chi connectivity index (χ4v) is 3.41. The molecule has 0 aliphatic heterocycles. The highest BCUT2D eigenvalue weighted by Crippen LogP contribution is 2.20. The van der Waals surface area contributed by atoms with E-state index in [1.54, 1.807) is 18.3 Å². The molecule has 146 valence electrons. The molecule has 2 aromatic heterocycles. The number of anilines is 2. The first kappa shape index (κ1) is 18.7. The summed E-state index contributed by atoms with van der Waals surface area (Å²) in [5.41, 5.74) is 6.04. The number of amides is 1. The molecule has 5 heteroatoms. The number of nitrogens with zero attached hydrogens (tertiary/aromatic N) is 1. The molecule has 0 aliphatic carbocycles. The number of carbonyl (C=O) groups is 1. The zero-order chi connectivity index (χ0) is 20.2. The average molecular weight is 384 g/mol. The number of aromatic nitrogens is 2. The van der Waals surface area contributed by atoms with Gasteiger partial charge in [-0.15, -0.1) is 0 Å². The van der Waals surface area contributed by atoms with E-state index >= 15 is 0 Å². The van der Waals surface area contributed by atoms with Crippen LogP contribution in [-0.4, -0.2) is 22.4 Å². The highest BCUT2D eigenvalue weighted by molar-refractivity contribution is 6.05. The van der Waals surface area contributed by atoms with Crippen molar-refractivity contribution < 1.29 is 4.79 Å². The summed E-state index contributed by atoms with van der Waals surface area (Å²) in [5, 5.41) is 7.56. The molecule has 0 saturated heterocycles. The standard InChI is InChI=1S/C24H24N4O/c1-16-6-5-9-21(17(16)2)28-24(29)18-10-12-25-23(14-18)26-13-11-19-15-27-22-8-4-3-7-20(19)22/h3-10,12,14-15,27H,11,13H2,1-2H3,(H,25,26)(H,28,29). The first-order chi connectivity index (χ1) is 14.1. The molecule has 1 amide bonds. The van der Waals surface area contributed by atoms with Crippen LogP contribution in [0.2, 0.25) is 0 Å². The summed E-state index contributed by atoms with van der Waals surface area (Å²) >= 11 is 0. The number of rotatable bonds is 6. The van der Waals surface area contributed by atoms with Gasteiger partial charge in [0, 0.05) is 41.1 Å². The second kappa shape index (κ2) is 8.19. The van der Waals surface area contributed by atoms with Gasteiger partial charge in [-0.3, -0.25) is 4.79 Å². The molecule has 0 aliphatic rings. The van der Waals surface area contributed by atoms with E-state index in [9.17, 15) is 4.79 Å². The van der Waals surface area contributed by atoms with Crippen molar-refractivity contribution in [1.82, 2.24) is 9.97 Å². The number of para-hydroxylation sites is 1. The van der Waals surface area contributed by atoms with E-state index < -0.39 is 0 Å². The summed E-state index contributed by atoms with van der Waals surface area (Å²) in [6, 6.07) is 17.7. The number of carbonyl (C=O) groups excluding carboxylic acids is 1. The van der Waals surface area contributed by atoms with Crippen molar-refractivity contribution in [3.8, 4) is 0 Å². The number of aryl methyl sites for hydroxylation is 1. The molecule has 0 radical (unpaired) electrons. The minimum absolute atomic E-state index is 0.138. The molecule has 3 N–H and O–H groups in total. The summed E-state index contributed by atoms with van der Waals surface area (Å²) in [5.74, 6) is 0.555. The number of nitrogens with one attached hydrogen (secondary N) is 3. The molecule has 0 bridgehead atoms. The Bertz CT molecular complexity index is 1160. The Kier molecular flexibility index (Phi) is 5.29. The van der Waals surface area contributed by atoms with Crippen molar-refractivity contribution in [2.75, 3.05) is 17.2 Å². The van der Waals surface area contributed by atoms with Gasteiger partial charge in [0.15, 0.2) is 0 Å². The molecule has 4 aromatic rings. The largest absolute Gasteiger partial charge is 0.370 e. The number of hydrogen-bond donors (Lipinski definition) is 3. The van der Waals surface area contributed by atoms with Crippen LogP contribution in [0.3, 0.4) is 0 Å². The second-order valence-electron chi connectivity index (χ2n) is 7.17. The second-order valence-corrected chi connectivity index (χ2v) is 7.17. The lowest BCUT2D eigenvalue weighted by atomic mass is 10.1. The van der Waals surface area contributed by atoms with Crippen molar-refractivity contribution in [3.63, 3.8) is 0 Å². The number of fused-ring (bicyclic) bond motifs is 1. The van der Waals surface area contributed by atoms with Crippen LogP contribution >= 0.6 is 0 Å². The Morgan fingerprint density at radius 2 is 1.93 bits per heavy atom. The van der Waals surface area contributed by atoms with Gasteiger partial charge in [0.1, 0.15) is 5.82 Å². The van der Waals surface area contributed by atoms with Crippen LogP contribution in [0.4, 0.5) is 11.5 Å². The highest BCUT2D eigenvalue weighted by Gasteiger charge is 2.10. The topological polar surface area (TPSA) is 69.8 Å². The number of pyridine rings is 1. The lowest BCUT2D eigenvalue weighted by Gasteiger charge is -2.11. The Morgan fingerprint density at radius 1 is 1.07 bits per heavy atom. The van der Waals surface area contributed by atoms with Gasteiger partial charge in [-0.05, 0) is 61.2 Å². The maximum Gasteiger partial charge on any atom is 0.255 e.